The molecule has 3 N–H and O–H groups in total. The van der Waals surface area contributed by atoms with Gasteiger partial charge in [0.25, 0.3) is 5.91 Å². The number of carbonyl (C=O) groups excluding carboxylic acids is 2. The number of nitrogens with one attached hydrogen (secondary N) is 1. The van der Waals surface area contributed by atoms with Crippen LogP contribution in [-0.2, 0) is 16.0 Å². The first-order chi connectivity index (χ1) is 15.0. The molecule has 31 heavy (non-hydrogen) atoms. The van der Waals surface area contributed by atoms with Gasteiger partial charge in [-0.2, -0.15) is 0 Å². The normalized spacial score (nSPS) is 16.7. The molecule has 4 rings (SSSR count). The number of hydrogen-bond acceptors (Lipinski definition) is 4. The summed E-state index contributed by atoms with van der Waals surface area (Å²) in [6.07, 6.45) is -0.694. The van der Waals surface area contributed by atoms with Gasteiger partial charge in [0.1, 0.15) is 0 Å². The minimum atomic E-state index is -1.07. The molecule has 3 aromatic carbocycles. The third-order valence-electron chi connectivity index (χ3n) is 5.30. The van der Waals surface area contributed by atoms with Crippen LogP contribution in [0, 0.1) is 0 Å². The van der Waals surface area contributed by atoms with Crippen molar-refractivity contribution >= 4 is 23.2 Å². The van der Waals surface area contributed by atoms with Crippen molar-refractivity contribution in [1.82, 2.24) is 5.32 Å². The molecule has 0 fully saturated rings. The Hall–Kier alpha value is -3.77. The minimum Gasteiger partial charge on any atom is -0.325 e. The molecular formula is C25H24N4O2. The number of para-hydroxylation sites is 1. The Balaban J connectivity index is 1.65. The average Bonchev–Trinajstić information content (AvgIpc) is 2.91. The van der Waals surface area contributed by atoms with Gasteiger partial charge in [0.05, 0.1) is 17.4 Å². The number of hydrogen-bond donors (Lipinski definition) is 2. The lowest BCUT2D eigenvalue weighted by Crippen LogP contribution is -2.51. The molecule has 156 valence electrons. The monoisotopic (exact) mass is 412 g/mol. The number of benzodiazepines with no additional fused rings is 1. The van der Waals surface area contributed by atoms with Crippen LogP contribution in [0.15, 0.2) is 89.9 Å². The molecule has 2 amide bonds. The predicted molar refractivity (Wildman–Crippen MR) is 122 cm³/mol. The number of amides is 2. The topological polar surface area (TPSA) is 87.8 Å². The van der Waals surface area contributed by atoms with Crippen LogP contribution in [0.4, 0.5) is 5.69 Å². The van der Waals surface area contributed by atoms with E-state index in [1.165, 1.54) is 4.90 Å². The van der Waals surface area contributed by atoms with E-state index in [2.05, 4.69) is 10.3 Å². The van der Waals surface area contributed by atoms with Crippen LogP contribution >= 0.6 is 0 Å². The number of benzene rings is 3. The zero-order valence-electron chi connectivity index (χ0n) is 17.2. The third-order valence-corrected chi connectivity index (χ3v) is 5.30. The fraction of sp³-hybridized carbons (Fsp3) is 0.160. The number of nitrogens with two attached hydrogens (primary N) is 1. The van der Waals surface area contributed by atoms with E-state index in [1.807, 2.05) is 84.9 Å². The van der Waals surface area contributed by atoms with Crippen molar-refractivity contribution in [3.8, 4) is 0 Å². The molecule has 0 aliphatic carbocycles. The van der Waals surface area contributed by atoms with Crippen molar-refractivity contribution in [2.24, 2.45) is 10.7 Å². The van der Waals surface area contributed by atoms with Gasteiger partial charge in [-0.3, -0.25) is 9.59 Å². The number of anilines is 1. The Morgan fingerprint density at radius 2 is 1.61 bits per heavy atom. The van der Waals surface area contributed by atoms with Gasteiger partial charge in [-0.1, -0.05) is 78.9 Å². The fourth-order valence-electron chi connectivity index (χ4n) is 3.64. The number of aliphatic imine (C=N–C) groups is 1. The van der Waals surface area contributed by atoms with Gasteiger partial charge in [0.15, 0.2) is 0 Å². The molecular weight excluding hydrogens is 388 g/mol. The predicted octanol–water partition coefficient (Wildman–Crippen LogP) is 2.51. The van der Waals surface area contributed by atoms with E-state index in [0.717, 1.165) is 22.4 Å². The maximum atomic E-state index is 13.2. The quantitative estimate of drug-likeness (QED) is 0.675. The first-order valence-corrected chi connectivity index (χ1v) is 10.1. The first-order valence-electron chi connectivity index (χ1n) is 10.1. The summed E-state index contributed by atoms with van der Waals surface area (Å²) in [5.74, 6) is -0.739. The number of rotatable bonds is 5. The fourth-order valence-corrected chi connectivity index (χ4v) is 3.64. The van der Waals surface area contributed by atoms with E-state index < -0.39 is 18.1 Å². The van der Waals surface area contributed by atoms with E-state index in [1.54, 1.807) is 7.05 Å². The van der Waals surface area contributed by atoms with Crippen LogP contribution in [0.5, 0.6) is 0 Å². The van der Waals surface area contributed by atoms with E-state index in [-0.39, 0.29) is 5.91 Å². The maximum Gasteiger partial charge on any atom is 0.272 e. The highest BCUT2D eigenvalue weighted by Crippen LogP contribution is 2.27. The molecule has 0 spiro atoms. The standard InChI is InChI=1S/C25H24N4O2/c1-29-21-15-9-8-14-19(21)22(18-12-6-3-7-13-18)27-23(25(29)31)28-24(30)20(26)16-17-10-4-2-5-11-17/h2-15,20,23H,16,26H2,1H3,(H,28,30)/t20-,23+/m0/s1. The van der Waals surface area contributed by atoms with Crippen molar-refractivity contribution in [2.45, 2.75) is 18.6 Å². The molecule has 0 radical (unpaired) electrons. The van der Waals surface area contributed by atoms with Gasteiger partial charge in [0.2, 0.25) is 12.1 Å². The number of carbonyl (C=O) groups is 2. The van der Waals surface area contributed by atoms with Crippen molar-refractivity contribution in [3.63, 3.8) is 0 Å². The summed E-state index contributed by atoms with van der Waals surface area (Å²) < 4.78 is 0. The number of fused-ring (bicyclic) bond motifs is 1. The van der Waals surface area contributed by atoms with E-state index in [0.29, 0.717) is 12.1 Å². The van der Waals surface area contributed by atoms with Crippen LogP contribution in [0.1, 0.15) is 16.7 Å². The van der Waals surface area contributed by atoms with Crippen LogP contribution in [-0.4, -0.2) is 36.8 Å². The molecule has 2 atom stereocenters. The van der Waals surface area contributed by atoms with Crippen molar-refractivity contribution in [1.29, 1.82) is 0 Å². The van der Waals surface area contributed by atoms with E-state index in [9.17, 15) is 9.59 Å². The Morgan fingerprint density at radius 1 is 1.00 bits per heavy atom. The zero-order valence-corrected chi connectivity index (χ0v) is 17.2. The molecule has 0 bridgehead atoms. The molecule has 0 saturated carbocycles. The van der Waals surface area contributed by atoms with Gasteiger partial charge < -0.3 is 16.0 Å². The number of nitrogens with zero attached hydrogens (tertiary/aromatic N) is 2. The molecule has 0 unspecified atom stereocenters. The lowest BCUT2D eigenvalue weighted by Gasteiger charge is -2.22. The second-order valence-corrected chi connectivity index (χ2v) is 7.47. The molecule has 1 aliphatic rings. The van der Waals surface area contributed by atoms with Crippen molar-refractivity contribution in [3.05, 3.63) is 102 Å². The Bertz CT molecular complexity index is 1110. The molecule has 3 aromatic rings. The molecule has 0 aromatic heterocycles. The molecule has 1 heterocycles. The molecule has 6 nitrogen and oxygen atoms in total. The number of likely N-dealkylation sites (N-methyl/N-ethyl adjacent to an activating group) is 1. The van der Waals surface area contributed by atoms with Crippen molar-refractivity contribution in [2.75, 3.05) is 11.9 Å². The van der Waals surface area contributed by atoms with E-state index in [4.69, 9.17) is 5.73 Å². The van der Waals surface area contributed by atoms with Crippen LogP contribution in [0.25, 0.3) is 0 Å². The van der Waals surface area contributed by atoms with Crippen molar-refractivity contribution < 1.29 is 9.59 Å². The smallest absolute Gasteiger partial charge is 0.272 e. The van der Waals surface area contributed by atoms with Gasteiger partial charge in [-0.05, 0) is 18.1 Å². The second-order valence-electron chi connectivity index (χ2n) is 7.47. The summed E-state index contributed by atoms with van der Waals surface area (Å²) in [7, 11) is 1.69. The maximum absolute atomic E-state index is 13.2. The molecule has 1 aliphatic heterocycles. The lowest BCUT2D eigenvalue weighted by atomic mass is 10.0. The lowest BCUT2D eigenvalue weighted by molar-refractivity contribution is -0.128. The van der Waals surface area contributed by atoms with Gasteiger partial charge in [0, 0.05) is 18.2 Å². The Morgan fingerprint density at radius 3 is 2.32 bits per heavy atom. The Labute approximate surface area is 181 Å². The minimum absolute atomic E-state index is 0.321. The summed E-state index contributed by atoms with van der Waals surface area (Å²) in [5.41, 5.74) is 10.2. The second kappa shape index (κ2) is 8.93. The molecule has 0 saturated heterocycles. The first kappa shape index (κ1) is 20.5. The van der Waals surface area contributed by atoms with Crippen LogP contribution in [0.3, 0.4) is 0 Å². The third kappa shape index (κ3) is 4.39. The van der Waals surface area contributed by atoms with E-state index >= 15 is 0 Å². The van der Waals surface area contributed by atoms with Gasteiger partial charge >= 0.3 is 0 Å². The summed E-state index contributed by atoms with van der Waals surface area (Å²) in [6, 6.07) is 26.0. The Kier molecular flexibility index (Phi) is 5.91. The van der Waals surface area contributed by atoms with Crippen LogP contribution in [0.2, 0.25) is 0 Å². The highest BCUT2D eigenvalue weighted by molar-refractivity contribution is 6.20. The summed E-state index contributed by atoms with van der Waals surface area (Å²) in [4.78, 5) is 32.2. The average molecular weight is 412 g/mol. The molecule has 6 heteroatoms. The van der Waals surface area contributed by atoms with Crippen LogP contribution < -0.4 is 16.0 Å². The summed E-state index contributed by atoms with van der Waals surface area (Å²) in [5, 5.41) is 2.75. The summed E-state index contributed by atoms with van der Waals surface area (Å²) >= 11 is 0. The highest BCUT2D eigenvalue weighted by Gasteiger charge is 2.31. The van der Waals surface area contributed by atoms with Gasteiger partial charge in [-0.25, -0.2) is 4.99 Å². The summed E-state index contributed by atoms with van der Waals surface area (Å²) in [6.45, 7) is 0. The zero-order chi connectivity index (χ0) is 21.8. The largest absolute Gasteiger partial charge is 0.325 e. The SMILES string of the molecule is CN1C(=O)[C@@H](NC(=O)[C@@H](N)Cc2ccccc2)N=C(c2ccccc2)c2ccccc21. The van der Waals surface area contributed by atoms with Gasteiger partial charge in [-0.15, -0.1) is 0 Å². The highest BCUT2D eigenvalue weighted by atomic mass is 16.2.